The largest absolute Gasteiger partial charge is 0.376 e. The van der Waals surface area contributed by atoms with Crippen molar-refractivity contribution in [1.29, 1.82) is 0 Å². The Hall–Kier alpha value is -2.27. The van der Waals surface area contributed by atoms with E-state index >= 15 is 0 Å². The summed E-state index contributed by atoms with van der Waals surface area (Å²) in [7, 11) is -7.84. The molecule has 2 heterocycles. The Morgan fingerprint density at radius 2 is 1.78 bits per heavy atom. The van der Waals surface area contributed by atoms with Crippen LogP contribution in [0.25, 0.3) is 0 Å². The zero-order valence-electron chi connectivity index (χ0n) is 17.5. The molecular weight excluding hydrogens is 468 g/mol. The highest BCUT2D eigenvalue weighted by Crippen LogP contribution is 2.36. The molecule has 1 aromatic heterocycles. The van der Waals surface area contributed by atoms with E-state index in [1.54, 1.807) is 42.5 Å². The van der Waals surface area contributed by atoms with Crippen LogP contribution in [0.4, 0.5) is 5.00 Å². The number of aromatic nitrogens is 1. The zero-order chi connectivity index (χ0) is 22.8. The van der Waals surface area contributed by atoms with E-state index in [4.69, 9.17) is 4.74 Å². The van der Waals surface area contributed by atoms with E-state index in [0.29, 0.717) is 18.7 Å². The van der Waals surface area contributed by atoms with Gasteiger partial charge in [0.1, 0.15) is 5.00 Å². The molecule has 0 bridgehead atoms. The Balaban J connectivity index is 1.71. The molecule has 32 heavy (non-hydrogen) atoms. The lowest BCUT2D eigenvalue weighted by molar-refractivity contribution is 0.120. The number of hydrogen-bond acceptors (Lipinski definition) is 8. The second-order valence-corrected chi connectivity index (χ2v) is 12.7. The fourth-order valence-electron chi connectivity index (χ4n) is 3.41. The van der Waals surface area contributed by atoms with Crippen LogP contribution in [-0.2, 0) is 30.2 Å². The Bertz CT molecular complexity index is 1280. The number of rotatable bonds is 8. The van der Waals surface area contributed by atoms with Crippen LogP contribution in [0.3, 0.4) is 0 Å². The standard InChI is InChI=1S/C22H24N2O5S3/c1-16-9-11-19(12-10-16)32(27,28)21-20(23-14-18-8-5-13-29-18)30-22(24-21)31(25,26)15-17-6-3-2-4-7-17/h2-4,6-7,9-12,18,23H,5,8,13-15H2,1H3/t18-/m0/s1. The van der Waals surface area contributed by atoms with E-state index in [2.05, 4.69) is 10.3 Å². The molecule has 0 radical (unpaired) electrons. The number of aryl methyl sites for hydroxylation is 1. The van der Waals surface area contributed by atoms with E-state index in [9.17, 15) is 16.8 Å². The molecule has 1 aliphatic rings. The van der Waals surface area contributed by atoms with Crippen molar-refractivity contribution in [2.24, 2.45) is 0 Å². The Labute approximate surface area is 192 Å². The van der Waals surface area contributed by atoms with Crippen molar-refractivity contribution in [1.82, 2.24) is 4.98 Å². The van der Waals surface area contributed by atoms with Crippen LogP contribution in [0.1, 0.15) is 24.0 Å². The fraction of sp³-hybridized carbons (Fsp3) is 0.318. The molecule has 1 saturated heterocycles. The average Bonchev–Trinajstić information content (AvgIpc) is 3.43. The third kappa shape index (κ3) is 5.03. The molecule has 1 fully saturated rings. The second-order valence-electron chi connectivity index (χ2n) is 7.69. The summed E-state index contributed by atoms with van der Waals surface area (Å²) in [6.07, 6.45) is 1.77. The van der Waals surface area contributed by atoms with Gasteiger partial charge in [-0.05, 0) is 37.5 Å². The van der Waals surface area contributed by atoms with Gasteiger partial charge in [-0.25, -0.2) is 21.8 Å². The lowest BCUT2D eigenvalue weighted by Gasteiger charge is -2.11. The molecule has 0 spiro atoms. The third-order valence-electron chi connectivity index (χ3n) is 5.14. The van der Waals surface area contributed by atoms with Crippen LogP contribution in [-0.4, -0.2) is 41.1 Å². The van der Waals surface area contributed by atoms with Gasteiger partial charge in [0, 0.05) is 13.2 Å². The Morgan fingerprint density at radius 1 is 1.06 bits per heavy atom. The Morgan fingerprint density at radius 3 is 2.44 bits per heavy atom. The molecule has 1 aliphatic heterocycles. The topological polar surface area (TPSA) is 102 Å². The van der Waals surface area contributed by atoms with Crippen LogP contribution in [0.2, 0.25) is 0 Å². The molecule has 0 amide bonds. The summed E-state index contributed by atoms with van der Waals surface area (Å²) < 4.78 is 58.1. The summed E-state index contributed by atoms with van der Waals surface area (Å²) >= 11 is 0.849. The molecule has 1 atom stereocenters. The fourth-order valence-corrected chi connectivity index (χ4v) is 7.75. The number of anilines is 1. The first-order valence-electron chi connectivity index (χ1n) is 10.2. The maximum atomic E-state index is 13.3. The highest BCUT2D eigenvalue weighted by atomic mass is 32.2. The van der Waals surface area contributed by atoms with Crippen LogP contribution in [0, 0.1) is 6.92 Å². The smallest absolute Gasteiger partial charge is 0.226 e. The minimum atomic E-state index is -4.01. The minimum absolute atomic E-state index is 0.0450. The van der Waals surface area contributed by atoms with Gasteiger partial charge in [-0.2, -0.15) is 0 Å². The van der Waals surface area contributed by atoms with Gasteiger partial charge in [-0.15, -0.1) is 0 Å². The number of nitrogens with zero attached hydrogens (tertiary/aromatic N) is 1. The van der Waals surface area contributed by atoms with E-state index in [0.717, 1.165) is 29.7 Å². The number of ether oxygens (including phenoxy) is 1. The molecule has 3 aromatic rings. The Kier molecular flexibility index (Phi) is 6.66. The summed E-state index contributed by atoms with van der Waals surface area (Å²) in [5, 5.41) is 3.03. The van der Waals surface area contributed by atoms with E-state index in [1.165, 1.54) is 12.1 Å². The van der Waals surface area contributed by atoms with Crippen molar-refractivity contribution in [3.05, 3.63) is 65.7 Å². The van der Waals surface area contributed by atoms with Crippen molar-refractivity contribution >= 4 is 36.0 Å². The maximum Gasteiger partial charge on any atom is 0.226 e. The molecule has 0 aliphatic carbocycles. The van der Waals surface area contributed by atoms with E-state index in [1.807, 2.05) is 6.92 Å². The number of sulfone groups is 2. The first-order valence-corrected chi connectivity index (χ1v) is 14.2. The molecular formula is C22H24N2O5S3. The number of nitrogens with one attached hydrogen (secondary N) is 1. The summed E-state index contributed by atoms with van der Waals surface area (Å²) in [6, 6.07) is 15.2. The summed E-state index contributed by atoms with van der Waals surface area (Å²) in [5.41, 5.74) is 1.53. The summed E-state index contributed by atoms with van der Waals surface area (Å²) in [4.78, 5) is 4.20. The first-order chi connectivity index (χ1) is 15.3. The predicted molar refractivity (Wildman–Crippen MR) is 124 cm³/mol. The van der Waals surface area contributed by atoms with Gasteiger partial charge < -0.3 is 10.1 Å². The van der Waals surface area contributed by atoms with E-state index in [-0.39, 0.29) is 31.1 Å². The lowest BCUT2D eigenvalue weighted by Crippen LogP contribution is -2.19. The molecule has 7 nitrogen and oxygen atoms in total. The maximum absolute atomic E-state index is 13.3. The van der Waals surface area contributed by atoms with Crippen LogP contribution < -0.4 is 5.32 Å². The van der Waals surface area contributed by atoms with E-state index < -0.39 is 19.7 Å². The SMILES string of the molecule is Cc1ccc(S(=O)(=O)c2nc(S(=O)(=O)Cc3ccccc3)sc2NC[C@@H]2CCCO2)cc1. The van der Waals surface area contributed by atoms with Gasteiger partial charge in [0.2, 0.25) is 24.0 Å². The van der Waals surface area contributed by atoms with Crippen molar-refractivity contribution in [2.75, 3.05) is 18.5 Å². The highest BCUT2D eigenvalue weighted by molar-refractivity contribution is 7.93. The molecule has 4 rings (SSSR count). The molecule has 10 heteroatoms. The quantitative estimate of drug-likeness (QED) is 0.509. The lowest BCUT2D eigenvalue weighted by atomic mass is 10.2. The predicted octanol–water partition coefficient (Wildman–Crippen LogP) is 3.85. The van der Waals surface area contributed by atoms with Crippen molar-refractivity contribution in [3.8, 4) is 0 Å². The second kappa shape index (κ2) is 9.30. The van der Waals surface area contributed by atoms with Crippen LogP contribution >= 0.6 is 11.3 Å². The van der Waals surface area contributed by atoms with Gasteiger partial charge in [-0.3, -0.25) is 0 Å². The van der Waals surface area contributed by atoms with Gasteiger partial charge in [0.15, 0.2) is 5.03 Å². The van der Waals surface area contributed by atoms with Gasteiger partial charge in [0.05, 0.1) is 16.8 Å². The number of benzene rings is 2. The molecule has 2 aromatic carbocycles. The molecule has 170 valence electrons. The molecule has 1 N–H and O–H groups in total. The van der Waals surface area contributed by atoms with Crippen molar-refractivity contribution in [3.63, 3.8) is 0 Å². The average molecular weight is 493 g/mol. The van der Waals surface area contributed by atoms with Gasteiger partial charge in [0.25, 0.3) is 0 Å². The number of hydrogen-bond donors (Lipinski definition) is 1. The van der Waals surface area contributed by atoms with Crippen molar-refractivity contribution in [2.45, 2.75) is 45.9 Å². The monoisotopic (exact) mass is 492 g/mol. The van der Waals surface area contributed by atoms with Gasteiger partial charge in [-0.1, -0.05) is 59.4 Å². The third-order valence-corrected chi connectivity index (χ3v) is 10.1. The normalized spacial score (nSPS) is 16.8. The molecule has 0 saturated carbocycles. The number of thiazole rings is 1. The first kappa shape index (κ1) is 22.9. The van der Waals surface area contributed by atoms with Crippen LogP contribution in [0.5, 0.6) is 0 Å². The molecule has 0 unspecified atom stereocenters. The zero-order valence-corrected chi connectivity index (χ0v) is 20.0. The summed E-state index contributed by atoms with van der Waals surface area (Å²) in [6.45, 7) is 2.92. The van der Waals surface area contributed by atoms with Gasteiger partial charge >= 0.3 is 0 Å². The summed E-state index contributed by atoms with van der Waals surface area (Å²) in [5.74, 6) is -0.253. The van der Waals surface area contributed by atoms with Crippen LogP contribution in [0.15, 0.2) is 68.9 Å². The highest BCUT2D eigenvalue weighted by Gasteiger charge is 2.31. The van der Waals surface area contributed by atoms with Crippen molar-refractivity contribution < 1.29 is 21.6 Å². The minimum Gasteiger partial charge on any atom is -0.376 e.